The normalized spacial score (nSPS) is 11.0. The largest absolute Gasteiger partial charge is 0.494 e. The highest BCUT2D eigenvalue weighted by molar-refractivity contribution is 7.22. The van der Waals surface area contributed by atoms with E-state index in [-0.39, 0.29) is 11.2 Å². The summed E-state index contributed by atoms with van der Waals surface area (Å²) in [6, 6.07) is 12.0. The zero-order valence-electron chi connectivity index (χ0n) is 14.7. The lowest BCUT2D eigenvalue weighted by atomic mass is 10.1. The van der Waals surface area contributed by atoms with Crippen molar-refractivity contribution < 1.29 is 13.9 Å². The van der Waals surface area contributed by atoms with Gasteiger partial charge in [0.25, 0.3) is 5.91 Å². The van der Waals surface area contributed by atoms with Crippen molar-refractivity contribution >= 4 is 43.6 Å². The molecule has 2 heterocycles. The minimum atomic E-state index is -0.515. The van der Waals surface area contributed by atoms with Gasteiger partial charge in [0.1, 0.15) is 11.3 Å². The van der Waals surface area contributed by atoms with Crippen LogP contribution in [-0.2, 0) is 0 Å². The van der Waals surface area contributed by atoms with Crippen molar-refractivity contribution in [3.8, 4) is 5.75 Å². The van der Waals surface area contributed by atoms with Gasteiger partial charge in [-0.15, -0.1) is 0 Å². The molecular formula is C20H16N2O4S. The summed E-state index contributed by atoms with van der Waals surface area (Å²) in [6.45, 7) is 4.39. The number of aryl methyl sites for hydroxylation is 1. The zero-order valence-corrected chi connectivity index (χ0v) is 15.6. The van der Waals surface area contributed by atoms with E-state index in [2.05, 4.69) is 10.3 Å². The predicted molar refractivity (Wildman–Crippen MR) is 106 cm³/mol. The predicted octanol–water partition coefficient (Wildman–Crippen LogP) is 4.36. The van der Waals surface area contributed by atoms with Crippen molar-refractivity contribution in [2.75, 3.05) is 11.9 Å². The number of nitrogens with one attached hydrogen (secondary N) is 1. The number of ether oxygens (including phenoxy) is 1. The first-order valence-electron chi connectivity index (χ1n) is 8.43. The van der Waals surface area contributed by atoms with E-state index in [4.69, 9.17) is 9.15 Å². The lowest BCUT2D eigenvalue weighted by Crippen LogP contribution is -2.14. The Morgan fingerprint density at radius 1 is 1.22 bits per heavy atom. The highest BCUT2D eigenvalue weighted by atomic mass is 32.1. The summed E-state index contributed by atoms with van der Waals surface area (Å²) >= 11 is 1.33. The smallest absolute Gasteiger partial charge is 0.293 e. The number of carbonyl (C=O) groups excluding carboxylic acids is 1. The van der Waals surface area contributed by atoms with E-state index in [1.54, 1.807) is 12.1 Å². The van der Waals surface area contributed by atoms with Crippen LogP contribution in [0.4, 0.5) is 5.13 Å². The summed E-state index contributed by atoms with van der Waals surface area (Å²) in [5.74, 6) is 0.187. The van der Waals surface area contributed by atoms with Crippen molar-refractivity contribution in [3.63, 3.8) is 0 Å². The number of amides is 1. The lowest BCUT2D eigenvalue weighted by Gasteiger charge is -2.03. The molecule has 0 saturated carbocycles. The fraction of sp³-hybridized carbons (Fsp3) is 0.150. The zero-order chi connectivity index (χ0) is 19.0. The van der Waals surface area contributed by atoms with Crippen LogP contribution in [0.2, 0.25) is 0 Å². The van der Waals surface area contributed by atoms with Gasteiger partial charge in [-0.2, -0.15) is 0 Å². The number of fused-ring (bicyclic) bond motifs is 2. The van der Waals surface area contributed by atoms with E-state index in [1.807, 2.05) is 38.1 Å². The van der Waals surface area contributed by atoms with E-state index in [9.17, 15) is 9.59 Å². The van der Waals surface area contributed by atoms with Gasteiger partial charge in [-0.05, 0) is 44.2 Å². The number of aromatic nitrogens is 1. The number of carbonyl (C=O) groups is 1. The quantitative estimate of drug-likeness (QED) is 0.569. The van der Waals surface area contributed by atoms with Gasteiger partial charge in [0.05, 0.1) is 22.2 Å². The molecule has 0 spiro atoms. The number of anilines is 1. The molecule has 7 heteroatoms. The second kappa shape index (κ2) is 6.85. The average Bonchev–Trinajstić information content (AvgIpc) is 3.04. The lowest BCUT2D eigenvalue weighted by molar-refractivity contribution is 0.0997. The van der Waals surface area contributed by atoms with Crippen LogP contribution in [0.25, 0.3) is 21.2 Å². The molecule has 0 unspecified atom stereocenters. The molecule has 136 valence electrons. The van der Waals surface area contributed by atoms with Gasteiger partial charge < -0.3 is 9.15 Å². The summed E-state index contributed by atoms with van der Waals surface area (Å²) in [4.78, 5) is 29.2. The Morgan fingerprint density at radius 3 is 2.89 bits per heavy atom. The molecule has 27 heavy (non-hydrogen) atoms. The van der Waals surface area contributed by atoms with E-state index < -0.39 is 5.91 Å². The Bertz CT molecular complexity index is 1230. The van der Waals surface area contributed by atoms with Crippen molar-refractivity contribution in [2.24, 2.45) is 0 Å². The number of benzene rings is 2. The van der Waals surface area contributed by atoms with Gasteiger partial charge >= 0.3 is 0 Å². The van der Waals surface area contributed by atoms with Gasteiger partial charge in [0, 0.05) is 6.07 Å². The molecule has 2 aromatic carbocycles. The van der Waals surface area contributed by atoms with Gasteiger partial charge in [-0.1, -0.05) is 23.0 Å². The number of hydrogen-bond donors (Lipinski definition) is 1. The third-order valence-electron chi connectivity index (χ3n) is 4.00. The SMILES string of the molecule is CCOc1ccc2nc(NC(=O)c3cc(=O)c4cc(C)ccc4o3)sc2c1. The average molecular weight is 380 g/mol. The maximum absolute atomic E-state index is 12.5. The molecule has 4 aromatic rings. The Hall–Kier alpha value is -3.19. The van der Waals surface area contributed by atoms with Crippen LogP contribution in [0, 0.1) is 6.92 Å². The van der Waals surface area contributed by atoms with E-state index in [0.717, 1.165) is 21.5 Å². The van der Waals surface area contributed by atoms with Crippen LogP contribution in [0.1, 0.15) is 23.0 Å². The van der Waals surface area contributed by atoms with Crippen molar-refractivity contribution in [2.45, 2.75) is 13.8 Å². The Kier molecular flexibility index (Phi) is 4.37. The molecule has 1 amide bonds. The van der Waals surface area contributed by atoms with Crippen LogP contribution < -0.4 is 15.5 Å². The van der Waals surface area contributed by atoms with E-state index in [0.29, 0.717) is 22.7 Å². The highest BCUT2D eigenvalue weighted by Gasteiger charge is 2.15. The maximum atomic E-state index is 12.5. The number of nitrogens with zero attached hydrogens (tertiary/aromatic N) is 1. The molecule has 0 atom stereocenters. The van der Waals surface area contributed by atoms with Gasteiger partial charge in [-0.25, -0.2) is 4.98 Å². The molecule has 0 aliphatic rings. The standard InChI is InChI=1S/C20H16N2O4S/c1-3-25-12-5-6-14-18(9-12)27-20(21-14)22-19(24)17-10-15(23)13-8-11(2)4-7-16(13)26-17/h4-10H,3H2,1-2H3,(H,21,22,24). The second-order valence-corrected chi connectivity index (χ2v) is 7.04. The highest BCUT2D eigenvalue weighted by Crippen LogP contribution is 2.29. The summed E-state index contributed by atoms with van der Waals surface area (Å²) in [7, 11) is 0. The number of rotatable bonds is 4. The minimum Gasteiger partial charge on any atom is -0.494 e. The maximum Gasteiger partial charge on any atom is 0.293 e. The number of thiazole rings is 1. The summed E-state index contributed by atoms with van der Waals surface area (Å²) < 4.78 is 12.0. The number of hydrogen-bond acceptors (Lipinski definition) is 6. The molecule has 1 N–H and O–H groups in total. The minimum absolute atomic E-state index is 0.0504. The third-order valence-corrected chi connectivity index (χ3v) is 4.93. The molecule has 0 bridgehead atoms. The van der Waals surface area contributed by atoms with Crippen LogP contribution in [0.15, 0.2) is 51.7 Å². The van der Waals surface area contributed by atoms with Gasteiger partial charge in [0.2, 0.25) is 0 Å². The molecule has 0 saturated heterocycles. The summed E-state index contributed by atoms with van der Waals surface area (Å²) in [5, 5.41) is 3.58. The van der Waals surface area contributed by atoms with Crippen LogP contribution in [-0.4, -0.2) is 17.5 Å². The first-order chi connectivity index (χ1) is 13.0. The Balaban J connectivity index is 1.64. The Labute approximate surface area is 158 Å². The molecular weight excluding hydrogens is 364 g/mol. The van der Waals surface area contributed by atoms with E-state index >= 15 is 0 Å². The first-order valence-corrected chi connectivity index (χ1v) is 9.24. The molecule has 0 aliphatic carbocycles. The van der Waals surface area contributed by atoms with Gasteiger partial charge in [0.15, 0.2) is 16.3 Å². The van der Waals surface area contributed by atoms with Crippen LogP contribution in [0.5, 0.6) is 5.75 Å². The fourth-order valence-corrected chi connectivity index (χ4v) is 3.64. The fourth-order valence-electron chi connectivity index (χ4n) is 2.76. The van der Waals surface area contributed by atoms with Crippen molar-refractivity contribution in [1.82, 2.24) is 4.98 Å². The first kappa shape index (κ1) is 17.2. The summed E-state index contributed by atoms with van der Waals surface area (Å²) in [6.07, 6.45) is 0. The Morgan fingerprint density at radius 2 is 2.07 bits per heavy atom. The third kappa shape index (κ3) is 3.41. The summed E-state index contributed by atoms with van der Waals surface area (Å²) in [5.41, 5.74) is 1.83. The van der Waals surface area contributed by atoms with E-state index in [1.165, 1.54) is 17.4 Å². The molecule has 0 fully saturated rings. The van der Waals surface area contributed by atoms with Gasteiger partial charge in [-0.3, -0.25) is 14.9 Å². The molecule has 0 radical (unpaired) electrons. The molecule has 0 aliphatic heterocycles. The van der Waals surface area contributed by atoms with Crippen LogP contribution in [0.3, 0.4) is 0 Å². The monoisotopic (exact) mass is 380 g/mol. The van der Waals surface area contributed by atoms with Crippen molar-refractivity contribution in [1.29, 1.82) is 0 Å². The van der Waals surface area contributed by atoms with Crippen LogP contribution >= 0.6 is 11.3 Å². The van der Waals surface area contributed by atoms with Crippen molar-refractivity contribution in [3.05, 3.63) is 64.0 Å². The molecule has 2 aromatic heterocycles. The molecule has 6 nitrogen and oxygen atoms in total. The topological polar surface area (TPSA) is 81.4 Å². The molecule has 4 rings (SSSR count). The second-order valence-electron chi connectivity index (χ2n) is 6.01.